The lowest BCUT2D eigenvalue weighted by molar-refractivity contribution is 0.292. The van der Waals surface area contributed by atoms with E-state index in [0.717, 1.165) is 24.6 Å². The minimum Gasteiger partial charge on any atom is -0.314 e. The van der Waals surface area contributed by atoms with E-state index in [0.29, 0.717) is 6.04 Å². The highest BCUT2D eigenvalue weighted by Crippen LogP contribution is 2.37. The Kier molecular flexibility index (Phi) is 4.18. The molecule has 0 aliphatic heterocycles. The summed E-state index contributed by atoms with van der Waals surface area (Å²) in [5, 5.41) is 7.04. The summed E-state index contributed by atoms with van der Waals surface area (Å²) in [6.45, 7) is 5.29. The van der Waals surface area contributed by atoms with Crippen LogP contribution in [0.25, 0.3) is 0 Å². The first-order chi connectivity index (χ1) is 9.70. The number of nitrogens with one attached hydrogen (secondary N) is 1. The van der Waals surface area contributed by atoms with Crippen molar-refractivity contribution in [1.29, 1.82) is 0 Å². The molecule has 2 nitrogen and oxygen atoms in total. The van der Waals surface area contributed by atoms with Crippen molar-refractivity contribution in [2.24, 2.45) is 0 Å². The summed E-state index contributed by atoms with van der Waals surface area (Å²) in [6.07, 6.45) is 3.62. The molecule has 106 valence electrons. The van der Waals surface area contributed by atoms with E-state index in [2.05, 4.69) is 53.8 Å². The molecule has 0 unspecified atom stereocenters. The number of aromatic nitrogens is 1. The third-order valence-corrected chi connectivity index (χ3v) is 5.12. The van der Waals surface area contributed by atoms with Crippen LogP contribution in [0.15, 0.2) is 29.6 Å². The van der Waals surface area contributed by atoms with Gasteiger partial charge in [0.2, 0.25) is 0 Å². The van der Waals surface area contributed by atoms with Crippen molar-refractivity contribution in [1.82, 2.24) is 10.3 Å². The summed E-state index contributed by atoms with van der Waals surface area (Å²) in [7, 11) is 0. The van der Waals surface area contributed by atoms with E-state index in [1.807, 2.05) is 0 Å². The van der Waals surface area contributed by atoms with Gasteiger partial charge in [0.1, 0.15) is 0 Å². The van der Waals surface area contributed by atoms with Crippen LogP contribution >= 0.6 is 11.3 Å². The van der Waals surface area contributed by atoms with Crippen molar-refractivity contribution in [2.45, 2.75) is 45.1 Å². The molecule has 0 bridgehead atoms. The van der Waals surface area contributed by atoms with Crippen molar-refractivity contribution in [3.8, 4) is 0 Å². The van der Waals surface area contributed by atoms with E-state index in [4.69, 9.17) is 0 Å². The van der Waals surface area contributed by atoms with E-state index >= 15 is 0 Å². The zero-order chi connectivity index (χ0) is 13.9. The molecule has 1 aliphatic rings. The number of hydrogen-bond donors (Lipinski definition) is 1. The molecule has 20 heavy (non-hydrogen) atoms. The van der Waals surface area contributed by atoms with E-state index < -0.39 is 0 Å². The maximum atomic E-state index is 4.50. The molecule has 0 radical (unpaired) electrons. The van der Waals surface area contributed by atoms with Gasteiger partial charge in [-0.2, -0.15) is 0 Å². The lowest BCUT2D eigenvalue weighted by Gasteiger charge is -2.36. The molecule has 1 saturated carbocycles. The van der Waals surface area contributed by atoms with Crippen LogP contribution in [0.4, 0.5) is 0 Å². The monoisotopic (exact) mass is 286 g/mol. The summed E-state index contributed by atoms with van der Waals surface area (Å²) in [4.78, 5) is 4.50. The summed E-state index contributed by atoms with van der Waals surface area (Å²) < 4.78 is 0. The number of aryl methyl sites for hydroxylation is 2. The molecule has 1 fully saturated rings. The largest absolute Gasteiger partial charge is 0.314 e. The minimum absolute atomic E-state index is 0.696. The maximum absolute atomic E-state index is 4.50. The van der Waals surface area contributed by atoms with Gasteiger partial charge in [0.25, 0.3) is 0 Å². The highest BCUT2D eigenvalue weighted by molar-refractivity contribution is 7.09. The third kappa shape index (κ3) is 3.28. The van der Waals surface area contributed by atoms with Crippen LogP contribution in [0.3, 0.4) is 0 Å². The summed E-state index contributed by atoms with van der Waals surface area (Å²) >= 11 is 1.77. The number of benzene rings is 1. The second-order valence-electron chi connectivity index (χ2n) is 5.87. The zero-order valence-corrected chi connectivity index (χ0v) is 13.0. The normalized spacial score (nSPS) is 21.7. The fourth-order valence-corrected chi connectivity index (χ4v) is 3.66. The van der Waals surface area contributed by atoms with Gasteiger partial charge in [-0.15, -0.1) is 11.3 Å². The van der Waals surface area contributed by atoms with E-state index in [1.165, 1.54) is 29.0 Å². The molecule has 1 heterocycles. The van der Waals surface area contributed by atoms with Crippen LogP contribution in [0.5, 0.6) is 0 Å². The predicted octanol–water partition coefficient (Wildman–Crippen LogP) is 3.84. The van der Waals surface area contributed by atoms with Crippen LogP contribution in [0, 0.1) is 13.8 Å². The van der Waals surface area contributed by atoms with Gasteiger partial charge in [-0.25, -0.2) is 4.98 Å². The van der Waals surface area contributed by atoms with Crippen LogP contribution in [-0.4, -0.2) is 17.6 Å². The first-order valence-corrected chi connectivity index (χ1v) is 8.29. The highest BCUT2D eigenvalue weighted by atomic mass is 32.1. The van der Waals surface area contributed by atoms with Gasteiger partial charge in [0.15, 0.2) is 0 Å². The van der Waals surface area contributed by atoms with Gasteiger partial charge in [-0.05, 0) is 38.2 Å². The standard InChI is InChI=1S/C17H22N2S/c1-12-4-3-5-14(8-12)15-9-16(10-15)18-7-6-17-19-13(2)11-20-17/h3-5,8,11,15-16,18H,6-7,9-10H2,1-2H3. The molecule has 0 saturated heterocycles. The molecule has 1 aliphatic carbocycles. The SMILES string of the molecule is Cc1cccc(C2CC(NCCc3nc(C)cs3)C2)c1. The Morgan fingerprint density at radius 2 is 2.15 bits per heavy atom. The van der Waals surface area contributed by atoms with Crippen LogP contribution in [-0.2, 0) is 6.42 Å². The van der Waals surface area contributed by atoms with Gasteiger partial charge >= 0.3 is 0 Å². The molecular formula is C17H22N2S. The number of hydrogen-bond acceptors (Lipinski definition) is 3. The second kappa shape index (κ2) is 6.06. The molecule has 1 aromatic heterocycles. The fraction of sp³-hybridized carbons (Fsp3) is 0.471. The van der Waals surface area contributed by atoms with Gasteiger partial charge in [0.05, 0.1) is 5.01 Å². The lowest BCUT2D eigenvalue weighted by Crippen LogP contribution is -2.40. The molecule has 0 amide bonds. The average Bonchev–Trinajstić information content (AvgIpc) is 2.78. The van der Waals surface area contributed by atoms with Gasteiger partial charge in [-0.1, -0.05) is 29.8 Å². The van der Waals surface area contributed by atoms with Crippen molar-refractivity contribution in [3.63, 3.8) is 0 Å². The van der Waals surface area contributed by atoms with Gasteiger partial charge in [0, 0.05) is 30.1 Å². The Morgan fingerprint density at radius 3 is 2.85 bits per heavy atom. The molecule has 3 rings (SSSR count). The molecule has 1 N–H and O–H groups in total. The number of rotatable bonds is 5. The Bertz CT molecular complexity index is 570. The van der Waals surface area contributed by atoms with Gasteiger partial charge in [-0.3, -0.25) is 0 Å². The molecule has 0 atom stereocenters. The van der Waals surface area contributed by atoms with Crippen molar-refractivity contribution in [3.05, 3.63) is 51.5 Å². The van der Waals surface area contributed by atoms with Crippen LogP contribution in [0.2, 0.25) is 0 Å². The van der Waals surface area contributed by atoms with Crippen molar-refractivity contribution >= 4 is 11.3 Å². The van der Waals surface area contributed by atoms with Gasteiger partial charge < -0.3 is 5.32 Å². The second-order valence-corrected chi connectivity index (χ2v) is 6.81. The Labute approximate surface area is 125 Å². The molecule has 2 aromatic rings. The Hall–Kier alpha value is -1.19. The minimum atomic E-state index is 0.696. The molecule has 0 spiro atoms. The summed E-state index contributed by atoms with van der Waals surface area (Å²) in [5.74, 6) is 0.759. The number of thiazole rings is 1. The van der Waals surface area contributed by atoms with E-state index in [1.54, 1.807) is 11.3 Å². The zero-order valence-electron chi connectivity index (χ0n) is 12.2. The highest BCUT2D eigenvalue weighted by Gasteiger charge is 2.29. The Balaban J connectivity index is 1.40. The topological polar surface area (TPSA) is 24.9 Å². The third-order valence-electron chi connectivity index (χ3n) is 4.09. The smallest absolute Gasteiger partial charge is 0.0940 e. The maximum Gasteiger partial charge on any atom is 0.0940 e. The number of nitrogens with zero attached hydrogens (tertiary/aromatic N) is 1. The summed E-state index contributed by atoms with van der Waals surface area (Å²) in [5.41, 5.74) is 4.03. The molecular weight excluding hydrogens is 264 g/mol. The molecule has 1 aromatic carbocycles. The summed E-state index contributed by atoms with van der Waals surface area (Å²) in [6, 6.07) is 9.65. The van der Waals surface area contributed by atoms with Crippen LogP contribution < -0.4 is 5.32 Å². The Morgan fingerprint density at radius 1 is 1.30 bits per heavy atom. The molecule has 3 heteroatoms. The van der Waals surface area contributed by atoms with E-state index in [-0.39, 0.29) is 0 Å². The van der Waals surface area contributed by atoms with E-state index in [9.17, 15) is 0 Å². The quantitative estimate of drug-likeness (QED) is 0.903. The van der Waals surface area contributed by atoms with Crippen LogP contribution in [0.1, 0.15) is 40.6 Å². The lowest BCUT2D eigenvalue weighted by atomic mass is 9.75. The first-order valence-electron chi connectivity index (χ1n) is 7.41. The predicted molar refractivity (Wildman–Crippen MR) is 85.5 cm³/mol. The van der Waals surface area contributed by atoms with Crippen molar-refractivity contribution < 1.29 is 0 Å². The average molecular weight is 286 g/mol. The fourth-order valence-electron chi connectivity index (χ4n) is 2.88. The van der Waals surface area contributed by atoms with Crippen molar-refractivity contribution in [2.75, 3.05) is 6.54 Å². The first kappa shape index (κ1) is 13.8.